The third-order valence-electron chi connectivity index (χ3n) is 3.31. The molecule has 1 aliphatic heterocycles. The molecule has 0 unspecified atom stereocenters. The average Bonchev–Trinajstić information content (AvgIpc) is 2.30. The summed E-state index contributed by atoms with van der Waals surface area (Å²) in [5.74, 6) is 0. The number of hydrogen-bond acceptors (Lipinski definition) is 3. The minimum Gasteiger partial charge on any atom is -0.465 e. The van der Waals surface area contributed by atoms with Crippen molar-refractivity contribution < 1.29 is 15.0 Å². The maximum Gasteiger partial charge on any atom is 0.407 e. The number of amides is 1. The van der Waals surface area contributed by atoms with Crippen LogP contribution in [0.3, 0.4) is 0 Å². The molecule has 0 spiro atoms. The highest BCUT2D eigenvalue weighted by molar-refractivity contribution is 5.65. The number of carbonyl (C=O) groups is 1. The number of nitrogens with zero attached hydrogens (tertiary/aromatic N) is 2. The van der Waals surface area contributed by atoms with Gasteiger partial charge in [0.2, 0.25) is 0 Å². The molecule has 17 heavy (non-hydrogen) atoms. The first-order chi connectivity index (χ1) is 8.03. The molecule has 1 aromatic rings. The SMILES string of the molecule is Cc1cccnc1C1(O)CCN(C(=O)O)CC1. The van der Waals surface area contributed by atoms with Gasteiger partial charge in [-0.05, 0) is 31.4 Å². The Morgan fingerprint density at radius 1 is 1.47 bits per heavy atom. The maximum atomic E-state index is 10.8. The molecule has 5 nitrogen and oxygen atoms in total. The molecular weight excluding hydrogens is 220 g/mol. The lowest BCUT2D eigenvalue weighted by Gasteiger charge is -2.37. The zero-order chi connectivity index (χ0) is 12.5. The van der Waals surface area contributed by atoms with E-state index in [-0.39, 0.29) is 0 Å². The quantitative estimate of drug-likeness (QED) is 0.772. The molecule has 1 aromatic heterocycles. The zero-order valence-electron chi connectivity index (χ0n) is 9.76. The normalized spacial score (nSPS) is 19.1. The van der Waals surface area contributed by atoms with Gasteiger partial charge in [0, 0.05) is 19.3 Å². The number of aliphatic hydroxyl groups is 1. The molecule has 1 saturated heterocycles. The van der Waals surface area contributed by atoms with Gasteiger partial charge in [0.1, 0.15) is 5.60 Å². The molecule has 2 N–H and O–H groups in total. The van der Waals surface area contributed by atoms with Crippen LogP contribution in [0.4, 0.5) is 4.79 Å². The van der Waals surface area contributed by atoms with E-state index in [1.807, 2.05) is 19.1 Å². The second-order valence-corrected chi connectivity index (χ2v) is 4.47. The maximum absolute atomic E-state index is 10.8. The van der Waals surface area contributed by atoms with E-state index in [4.69, 9.17) is 5.11 Å². The van der Waals surface area contributed by atoms with Gasteiger partial charge in [-0.2, -0.15) is 0 Å². The number of carboxylic acid groups (broad SMARTS) is 1. The van der Waals surface area contributed by atoms with Crippen molar-refractivity contribution in [2.45, 2.75) is 25.4 Å². The zero-order valence-corrected chi connectivity index (χ0v) is 9.76. The molecule has 0 aliphatic carbocycles. The molecule has 2 heterocycles. The Bertz CT molecular complexity index is 426. The smallest absolute Gasteiger partial charge is 0.407 e. The van der Waals surface area contributed by atoms with Crippen LogP contribution in [-0.4, -0.2) is 39.3 Å². The first-order valence-electron chi connectivity index (χ1n) is 5.65. The second kappa shape index (κ2) is 4.33. The Morgan fingerprint density at radius 3 is 2.65 bits per heavy atom. The summed E-state index contributed by atoms with van der Waals surface area (Å²) in [6.45, 7) is 2.60. The molecule has 1 aliphatic rings. The minimum atomic E-state index is -0.989. The van der Waals surface area contributed by atoms with Crippen molar-refractivity contribution in [1.29, 1.82) is 0 Å². The first kappa shape index (κ1) is 11.9. The predicted octanol–water partition coefficient (Wildman–Crippen LogP) is 1.35. The second-order valence-electron chi connectivity index (χ2n) is 4.47. The van der Waals surface area contributed by atoms with Gasteiger partial charge in [-0.25, -0.2) is 4.79 Å². The van der Waals surface area contributed by atoms with Crippen LogP contribution >= 0.6 is 0 Å². The number of rotatable bonds is 1. The largest absolute Gasteiger partial charge is 0.465 e. The van der Waals surface area contributed by atoms with E-state index in [1.165, 1.54) is 4.90 Å². The van der Waals surface area contributed by atoms with Crippen LogP contribution in [0.2, 0.25) is 0 Å². The molecule has 5 heteroatoms. The van der Waals surface area contributed by atoms with Crippen LogP contribution in [0.5, 0.6) is 0 Å². The van der Waals surface area contributed by atoms with Crippen LogP contribution in [0.25, 0.3) is 0 Å². The van der Waals surface area contributed by atoms with Gasteiger partial charge in [0.25, 0.3) is 0 Å². The highest BCUT2D eigenvalue weighted by Crippen LogP contribution is 2.33. The topological polar surface area (TPSA) is 73.7 Å². The Hall–Kier alpha value is -1.62. The van der Waals surface area contributed by atoms with Crippen LogP contribution in [-0.2, 0) is 5.60 Å². The number of hydrogen-bond donors (Lipinski definition) is 2. The summed E-state index contributed by atoms with van der Waals surface area (Å²) in [5.41, 5.74) is 0.626. The van der Waals surface area contributed by atoms with Gasteiger partial charge in [-0.15, -0.1) is 0 Å². The van der Waals surface area contributed by atoms with Crippen molar-refractivity contribution in [1.82, 2.24) is 9.88 Å². The summed E-state index contributed by atoms with van der Waals surface area (Å²) in [7, 11) is 0. The van der Waals surface area contributed by atoms with E-state index in [0.717, 1.165) is 5.56 Å². The van der Waals surface area contributed by atoms with Gasteiger partial charge in [0.05, 0.1) is 5.69 Å². The number of piperidine rings is 1. The van der Waals surface area contributed by atoms with E-state index < -0.39 is 11.7 Å². The molecule has 1 fully saturated rings. The Balaban J connectivity index is 2.18. The third-order valence-corrected chi connectivity index (χ3v) is 3.31. The van der Waals surface area contributed by atoms with Gasteiger partial charge < -0.3 is 15.1 Å². The van der Waals surface area contributed by atoms with Crippen LogP contribution < -0.4 is 0 Å². The van der Waals surface area contributed by atoms with Crippen molar-refractivity contribution >= 4 is 6.09 Å². The summed E-state index contributed by atoms with van der Waals surface area (Å²) < 4.78 is 0. The summed E-state index contributed by atoms with van der Waals surface area (Å²) in [6, 6.07) is 3.73. The Morgan fingerprint density at radius 2 is 2.12 bits per heavy atom. The van der Waals surface area contributed by atoms with E-state index in [1.54, 1.807) is 6.20 Å². The molecule has 2 rings (SSSR count). The van der Waals surface area contributed by atoms with E-state index in [9.17, 15) is 9.90 Å². The molecule has 1 amide bonds. The Kier molecular flexibility index (Phi) is 3.02. The summed E-state index contributed by atoms with van der Waals surface area (Å²) in [4.78, 5) is 16.4. The fraction of sp³-hybridized carbons (Fsp3) is 0.500. The van der Waals surface area contributed by atoms with Crippen molar-refractivity contribution in [3.05, 3.63) is 29.6 Å². The highest BCUT2D eigenvalue weighted by Gasteiger charge is 2.37. The molecule has 0 saturated carbocycles. The van der Waals surface area contributed by atoms with Crippen LogP contribution in [0.15, 0.2) is 18.3 Å². The van der Waals surface area contributed by atoms with Crippen molar-refractivity contribution in [3.8, 4) is 0 Å². The van der Waals surface area contributed by atoms with Crippen molar-refractivity contribution in [2.24, 2.45) is 0 Å². The van der Waals surface area contributed by atoms with Gasteiger partial charge in [-0.3, -0.25) is 4.98 Å². The molecule has 0 bridgehead atoms. The summed E-state index contributed by atoms with van der Waals surface area (Å²) >= 11 is 0. The molecule has 0 aromatic carbocycles. The minimum absolute atomic E-state index is 0.349. The third kappa shape index (κ3) is 2.24. The number of pyridine rings is 1. The standard InChI is InChI=1S/C12H16N2O3/c1-9-3-2-6-13-10(9)12(17)4-7-14(8-5-12)11(15)16/h2-3,6,17H,4-5,7-8H2,1H3,(H,15,16). The molecular formula is C12H16N2O3. The summed E-state index contributed by atoms with van der Waals surface area (Å²) in [6.07, 6.45) is 1.53. The fourth-order valence-corrected chi connectivity index (χ4v) is 2.28. The van der Waals surface area contributed by atoms with E-state index in [0.29, 0.717) is 31.6 Å². The molecule has 0 radical (unpaired) electrons. The average molecular weight is 236 g/mol. The number of aromatic nitrogens is 1. The first-order valence-corrected chi connectivity index (χ1v) is 5.65. The van der Waals surface area contributed by atoms with Crippen LogP contribution in [0, 0.1) is 6.92 Å². The number of aryl methyl sites for hydroxylation is 1. The molecule has 92 valence electrons. The van der Waals surface area contributed by atoms with Gasteiger partial charge >= 0.3 is 6.09 Å². The lowest BCUT2D eigenvalue weighted by atomic mass is 9.86. The molecule has 0 atom stereocenters. The van der Waals surface area contributed by atoms with Crippen molar-refractivity contribution in [3.63, 3.8) is 0 Å². The van der Waals surface area contributed by atoms with E-state index in [2.05, 4.69) is 4.98 Å². The van der Waals surface area contributed by atoms with Crippen LogP contribution in [0.1, 0.15) is 24.1 Å². The van der Waals surface area contributed by atoms with Gasteiger partial charge in [-0.1, -0.05) is 6.07 Å². The van der Waals surface area contributed by atoms with Gasteiger partial charge in [0.15, 0.2) is 0 Å². The fourth-order valence-electron chi connectivity index (χ4n) is 2.28. The lowest BCUT2D eigenvalue weighted by molar-refractivity contribution is -0.0252. The van der Waals surface area contributed by atoms with Crippen molar-refractivity contribution in [2.75, 3.05) is 13.1 Å². The predicted molar refractivity (Wildman–Crippen MR) is 61.7 cm³/mol. The number of likely N-dealkylation sites (tertiary alicyclic amines) is 1. The highest BCUT2D eigenvalue weighted by atomic mass is 16.4. The summed E-state index contributed by atoms with van der Waals surface area (Å²) in [5, 5.41) is 19.4. The lowest BCUT2D eigenvalue weighted by Crippen LogP contribution is -2.45. The monoisotopic (exact) mass is 236 g/mol. The van der Waals surface area contributed by atoms with E-state index >= 15 is 0 Å². The Labute approximate surface area is 99.7 Å².